The standard InChI is InChI=1S/C16H8F6N2/c17-15(18,19)12-5-6-14(24-9-12)11(8-23)7-10-3-1-2-4-13(10)16(20,21)22/h1-7,9H/b11-7+. The van der Waals surface area contributed by atoms with Crippen molar-refractivity contribution in [1.82, 2.24) is 4.98 Å². The number of pyridine rings is 1. The maximum Gasteiger partial charge on any atom is 0.417 e. The number of nitriles is 1. The quantitative estimate of drug-likeness (QED) is 0.557. The van der Waals surface area contributed by atoms with Gasteiger partial charge in [-0.2, -0.15) is 31.6 Å². The molecule has 1 aromatic carbocycles. The highest BCUT2D eigenvalue weighted by Gasteiger charge is 2.33. The first-order valence-corrected chi connectivity index (χ1v) is 6.44. The first-order chi connectivity index (χ1) is 11.1. The fraction of sp³-hybridized carbons (Fsp3) is 0.125. The molecule has 2 nitrogen and oxygen atoms in total. The minimum absolute atomic E-state index is 0.150. The van der Waals surface area contributed by atoms with Crippen molar-refractivity contribution in [2.75, 3.05) is 0 Å². The van der Waals surface area contributed by atoms with E-state index in [0.717, 1.165) is 24.3 Å². The predicted octanol–water partition coefficient (Wildman–Crippen LogP) is 5.18. The minimum Gasteiger partial charge on any atom is -0.255 e. The minimum atomic E-state index is -4.62. The summed E-state index contributed by atoms with van der Waals surface area (Å²) >= 11 is 0. The number of alkyl halides is 6. The van der Waals surface area contributed by atoms with E-state index in [2.05, 4.69) is 4.98 Å². The zero-order valence-corrected chi connectivity index (χ0v) is 11.8. The van der Waals surface area contributed by atoms with Gasteiger partial charge in [0.1, 0.15) is 6.07 Å². The third-order valence-corrected chi connectivity index (χ3v) is 3.05. The van der Waals surface area contributed by atoms with E-state index in [1.54, 1.807) is 6.07 Å². The number of allylic oxidation sites excluding steroid dienone is 1. The summed E-state index contributed by atoms with van der Waals surface area (Å²) in [6.07, 6.45) is -7.75. The van der Waals surface area contributed by atoms with Crippen LogP contribution in [0.1, 0.15) is 22.4 Å². The molecule has 124 valence electrons. The van der Waals surface area contributed by atoms with Gasteiger partial charge >= 0.3 is 12.4 Å². The van der Waals surface area contributed by atoms with Crippen molar-refractivity contribution in [2.45, 2.75) is 12.4 Å². The summed E-state index contributed by atoms with van der Waals surface area (Å²) < 4.78 is 76.3. The molecule has 0 bridgehead atoms. The van der Waals surface area contributed by atoms with Crippen molar-refractivity contribution in [3.8, 4) is 6.07 Å². The number of aromatic nitrogens is 1. The smallest absolute Gasteiger partial charge is 0.255 e. The summed E-state index contributed by atoms with van der Waals surface area (Å²) in [5.74, 6) is 0. The number of benzene rings is 1. The Morgan fingerprint density at radius 1 is 0.958 bits per heavy atom. The molecule has 2 rings (SSSR count). The lowest BCUT2D eigenvalue weighted by Gasteiger charge is -2.10. The van der Waals surface area contributed by atoms with Gasteiger partial charge in [-0.1, -0.05) is 18.2 Å². The molecule has 1 heterocycles. The SMILES string of the molecule is N#C/C(=C\c1ccccc1C(F)(F)F)c1ccc(C(F)(F)F)cn1. The van der Waals surface area contributed by atoms with E-state index in [4.69, 9.17) is 5.26 Å². The molecule has 0 saturated heterocycles. The molecule has 0 spiro atoms. The Morgan fingerprint density at radius 2 is 1.62 bits per heavy atom. The van der Waals surface area contributed by atoms with Crippen LogP contribution in [0.4, 0.5) is 26.3 Å². The second-order valence-corrected chi connectivity index (χ2v) is 4.68. The van der Waals surface area contributed by atoms with Crippen LogP contribution < -0.4 is 0 Å². The Kier molecular flexibility index (Phi) is 4.64. The number of rotatable bonds is 2. The third-order valence-electron chi connectivity index (χ3n) is 3.05. The van der Waals surface area contributed by atoms with E-state index in [0.29, 0.717) is 12.3 Å². The van der Waals surface area contributed by atoms with Crippen molar-refractivity contribution in [2.24, 2.45) is 0 Å². The second-order valence-electron chi connectivity index (χ2n) is 4.68. The lowest BCUT2D eigenvalue weighted by Crippen LogP contribution is -2.07. The van der Waals surface area contributed by atoms with E-state index in [-0.39, 0.29) is 16.8 Å². The Hall–Kier alpha value is -2.82. The fourth-order valence-electron chi connectivity index (χ4n) is 1.92. The Balaban J connectivity index is 2.47. The molecule has 0 N–H and O–H groups in total. The van der Waals surface area contributed by atoms with Crippen LogP contribution >= 0.6 is 0 Å². The average Bonchev–Trinajstić information content (AvgIpc) is 2.51. The highest BCUT2D eigenvalue weighted by molar-refractivity contribution is 5.88. The van der Waals surface area contributed by atoms with Gasteiger partial charge < -0.3 is 0 Å². The first kappa shape index (κ1) is 17.5. The van der Waals surface area contributed by atoms with Crippen LogP contribution in [0, 0.1) is 11.3 Å². The summed E-state index contributed by atoms with van der Waals surface area (Å²) in [5, 5.41) is 9.10. The fourth-order valence-corrected chi connectivity index (χ4v) is 1.92. The molecule has 0 aliphatic heterocycles. The highest BCUT2D eigenvalue weighted by Crippen LogP contribution is 2.34. The average molecular weight is 342 g/mol. The van der Waals surface area contributed by atoms with Gasteiger partial charge in [-0.15, -0.1) is 0 Å². The predicted molar refractivity (Wildman–Crippen MR) is 74.2 cm³/mol. The Bertz CT molecular complexity index is 795. The lowest BCUT2D eigenvalue weighted by molar-refractivity contribution is -0.138. The van der Waals surface area contributed by atoms with Crippen molar-refractivity contribution in [3.05, 3.63) is 65.0 Å². The summed E-state index contributed by atoms with van der Waals surface area (Å²) in [6.45, 7) is 0. The highest BCUT2D eigenvalue weighted by atomic mass is 19.4. The maximum atomic E-state index is 12.9. The molecule has 0 aliphatic rings. The van der Waals surface area contributed by atoms with Gasteiger partial charge in [0.15, 0.2) is 0 Å². The molecule has 24 heavy (non-hydrogen) atoms. The summed E-state index contributed by atoms with van der Waals surface area (Å²) in [7, 11) is 0. The van der Waals surface area contributed by atoms with E-state index < -0.39 is 23.5 Å². The van der Waals surface area contributed by atoms with Crippen molar-refractivity contribution < 1.29 is 26.3 Å². The summed E-state index contributed by atoms with van der Waals surface area (Å²) in [4.78, 5) is 3.51. The molecule has 0 unspecified atom stereocenters. The summed E-state index contributed by atoms with van der Waals surface area (Å²) in [5.41, 5.74) is -2.67. The van der Waals surface area contributed by atoms with Gasteiger partial charge in [-0.25, -0.2) is 0 Å². The van der Waals surface area contributed by atoms with Crippen molar-refractivity contribution in [3.63, 3.8) is 0 Å². The van der Waals surface area contributed by atoms with Crippen LogP contribution in [0.2, 0.25) is 0 Å². The Labute approximate surface area is 132 Å². The van der Waals surface area contributed by atoms with Gasteiger partial charge in [0.2, 0.25) is 0 Å². The van der Waals surface area contributed by atoms with Crippen LogP contribution in [-0.2, 0) is 12.4 Å². The Morgan fingerprint density at radius 3 is 2.12 bits per heavy atom. The van der Waals surface area contributed by atoms with E-state index in [1.165, 1.54) is 12.1 Å². The number of halogens is 6. The molecule has 0 atom stereocenters. The molecule has 8 heteroatoms. The van der Waals surface area contributed by atoms with Gasteiger partial charge in [-0.3, -0.25) is 4.98 Å². The van der Waals surface area contributed by atoms with E-state index in [1.807, 2.05) is 0 Å². The van der Waals surface area contributed by atoms with E-state index in [9.17, 15) is 26.3 Å². The molecule has 2 aromatic rings. The van der Waals surface area contributed by atoms with Crippen molar-refractivity contribution in [1.29, 1.82) is 5.26 Å². The van der Waals surface area contributed by atoms with Crippen molar-refractivity contribution >= 4 is 11.6 Å². The second kappa shape index (κ2) is 6.35. The number of hydrogen-bond acceptors (Lipinski definition) is 2. The normalized spacial score (nSPS) is 12.8. The molecule has 0 saturated carbocycles. The van der Waals surface area contributed by atoms with Crippen LogP contribution in [0.15, 0.2) is 42.6 Å². The molecule has 0 radical (unpaired) electrons. The molecular formula is C16H8F6N2. The lowest BCUT2D eigenvalue weighted by atomic mass is 10.0. The molecule has 1 aromatic heterocycles. The van der Waals surface area contributed by atoms with Crippen LogP contribution in [-0.4, -0.2) is 4.98 Å². The first-order valence-electron chi connectivity index (χ1n) is 6.44. The van der Waals surface area contributed by atoms with Gasteiger partial charge in [0, 0.05) is 6.20 Å². The molecule has 0 amide bonds. The summed E-state index contributed by atoms with van der Waals surface area (Å²) in [6, 6.07) is 7.86. The number of hydrogen-bond donors (Lipinski definition) is 0. The van der Waals surface area contributed by atoms with Crippen LogP contribution in [0.5, 0.6) is 0 Å². The van der Waals surface area contributed by atoms with Gasteiger partial charge in [0.25, 0.3) is 0 Å². The molecular weight excluding hydrogens is 334 g/mol. The monoisotopic (exact) mass is 342 g/mol. The number of nitrogens with zero attached hydrogens (tertiary/aromatic N) is 2. The van der Waals surface area contributed by atoms with E-state index >= 15 is 0 Å². The van der Waals surface area contributed by atoms with Crippen LogP contribution in [0.3, 0.4) is 0 Å². The third kappa shape index (κ3) is 3.93. The van der Waals surface area contributed by atoms with Crippen LogP contribution in [0.25, 0.3) is 11.6 Å². The molecule has 0 fully saturated rings. The van der Waals surface area contributed by atoms with Gasteiger partial charge in [-0.05, 0) is 29.8 Å². The molecule has 0 aliphatic carbocycles. The van der Waals surface area contributed by atoms with Gasteiger partial charge in [0.05, 0.1) is 22.4 Å². The maximum absolute atomic E-state index is 12.9. The zero-order chi connectivity index (χ0) is 18.0. The largest absolute Gasteiger partial charge is 0.417 e. The topological polar surface area (TPSA) is 36.7 Å². The zero-order valence-electron chi connectivity index (χ0n) is 11.8.